The number of hydrogen-bond acceptors (Lipinski definition) is 9. The van der Waals surface area contributed by atoms with Crippen molar-refractivity contribution in [1.82, 2.24) is 10.3 Å². The normalized spacial score (nSPS) is 14.2. The molecule has 4 aromatic rings. The van der Waals surface area contributed by atoms with Crippen molar-refractivity contribution in [3.05, 3.63) is 90.8 Å². The Kier molecular flexibility index (Phi) is 11.3. The summed E-state index contributed by atoms with van der Waals surface area (Å²) >= 11 is 9.17. The van der Waals surface area contributed by atoms with E-state index in [1.807, 2.05) is 58.9 Å². The quantitative estimate of drug-likeness (QED) is 0.0606. The van der Waals surface area contributed by atoms with Crippen LogP contribution in [0.2, 0.25) is 5.02 Å². The van der Waals surface area contributed by atoms with Crippen molar-refractivity contribution in [2.45, 2.75) is 66.8 Å². The molecule has 0 spiro atoms. The number of aromatic nitrogens is 1. The van der Waals surface area contributed by atoms with E-state index in [0.29, 0.717) is 34.5 Å². The highest BCUT2D eigenvalue weighted by Gasteiger charge is 2.34. The van der Waals surface area contributed by atoms with Crippen LogP contribution in [-0.4, -0.2) is 53.3 Å². The summed E-state index contributed by atoms with van der Waals surface area (Å²) in [6, 6.07) is 12.2. The summed E-state index contributed by atoms with van der Waals surface area (Å²) in [5.74, 6) is -0.0999. The molecule has 2 aromatic heterocycles. The fraction of sp³-hybridized carbons (Fsp3) is 0.333. The van der Waals surface area contributed by atoms with Gasteiger partial charge in [-0.05, 0) is 89.8 Å². The SMILES string of the molecule is CC(=N)N1C(=N)[C@H](CC(=O)NCCCCNc2cccc(C(=O)Nc3nc(C)c(C)s3)c2C)N=C(c2ccc(Cl)cc2)c2c1sc(C)c2C. The van der Waals surface area contributed by atoms with Crippen molar-refractivity contribution in [3.8, 4) is 0 Å². The van der Waals surface area contributed by atoms with Crippen molar-refractivity contribution in [2.75, 3.05) is 28.6 Å². The van der Waals surface area contributed by atoms with E-state index in [1.54, 1.807) is 30.0 Å². The molecule has 5 rings (SSSR count). The molecule has 5 N–H and O–H groups in total. The second kappa shape index (κ2) is 15.4. The number of anilines is 3. The van der Waals surface area contributed by atoms with Gasteiger partial charge in [0.25, 0.3) is 5.91 Å². The zero-order valence-electron chi connectivity index (χ0n) is 28.5. The summed E-state index contributed by atoms with van der Waals surface area (Å²) in [6.45, 7) is 12.7. The van der Waals surface area contributed by atoms with Gasteiger partial charge in [0.15, 0.2) is 5.13 Å². The Morgan fingerprint density at radius 1 is 0.959 bits per heavy atom. The summed E-state index contributed by atoms with van der Waals surface area (Å²) in [4.78, 5) is 39.3. The summed E-state index contributed by atoms with van der Waals surface area (Å²) in [6.07, 6.45) is 1.52. The average molecular weight is 717 g/mol. The first-order chi connectivity index (χ1) is 23.3. The molecule has 49 heavy (non-hydrogen) atoms. The van der Waals surface area contributed by atoms with E-state index in [1.165, 1.54) is 22.7 Å². The van der Waals surface area contributed by atoms with Crippen molar-refractivity contribution < 1.29 is 9.59 Å². The lowest BCUT2D eigenvalue weighted by Gasteiger charge is -2.24. The summed E-state index contributed by atoms with van der Waals surface area (Å²) < 4.78 is 0. The van der Waals surface area contributed by atoms with Crippen LogP contribution in [0.1, 0.15) is 74.2 Å². The van der Waals surface area contributed by atoms with Crippen LogP contribution in [0.15, 0.2) is 47.5 Å². The summed E-state index contributed by atoms with van der Waals surface area (Å²) in [7, 11) is 0. The zero-order valence-corrected chi connectivity index (χ0v) is 30.9. The van der Waals surface area contributed by atoms with Crippen LogP contribution >= 0.6 is 34.3 Å². The van der Waals surface area contributed by atoms with Gasteiger partial charge >= 0.3 is 0 Å². The number of carbonyl (C=O) groups excluding carboxylic acids is 2. The number of halogens is 1. The molecular formula is C36H41ClN8O2S2. The Balaban J connectivity index is 1.18. The predicted octanol–water partition coefficient (Wildman–Crippen LogP) is 8.05. The fourth-order valence-corrected chi connectivity index (χ4v) is 7.76. The highest BCUT2D eigenvalue weighted by Crippen LogP contribution is 2.40. The number of benzene rings is 2. The minimum atomic E-state index is -0.775. The molecule has 2 amide bonds. The van der Waals surface area contributed by atoms with Gasteiger partial charge < -0.3 is 10.6 Å². The van der Waals surface area contributed by atoms with Crippen molar-refractivity contribution >= 4 is 79.3 Å². The van der Waals surface area contributed by atoms with Gasteiger partial charge in [-0.1, -0.05) is 29.8 Å². The first kappa shape index (κ1) is 35.9. The molecular weight excluding hydrogens is 676 g/mol. The number of thiophene rings is 1. The smallest absolute Gasteiger partial charge is 0.257 e. The molecule has 0 aliphatic carbocycles. The minimum absolute atomic E-state index is 0.0148. The molecule has 10 nitrogen and oxygen atoms in total. The summed E-state index contributed by atoms with van der Waals surface area (Å²) in [5, 5.41) is 28.9. The zero-order chi connectivity index (χ0) is 35.4. The van der Waals surface area contributed by atoms with Gasteiger partial charge in [-0.15, -0.1) is 22.7 Å². The number of nitrogens with one attached hydrogen (secondary N) is 5. The van der Waals surface area contributed by atoms with E-state index in [2.05, 4.69) is 20.9 Å². The van der Waals surface area contributed by atoms with Crippen LogP contribution in [0.3, 0.4) is 0 Å². The second-order valence-electron chi connectivity index (χ2n) is 12.1. The van der Waals surface area contributed by atoms with Crippen molar-refractivity contribution in [1.29, 1.82) is 10.8 Å². The molecule has 1 aliphatic rings. The molecule has 0 saturated carbocycles. The Hall–Kier alpha value is -4.39. The first-order valence-electron chi connectivity index (χ1n) is 16.1. The number of nitrogens with zero attached hydrogens (tertiary/aromatic N) is 3. The molecule has 3 heterocycles. The monoisotopic (exact) mass is 716 g/mol. The lowest BCUT2D eigenvalue weighted by atomic mass is 9.99. The standard InChI is InChI=1S/C36H41ClN8O2S2/c1-19-22(4)48-35-31(19)32(25-12-14-26(37)15-13-25)43-29(33(39)45(35)24(6)38)18-30(46)41-17-8-7-16-40-28-11-9-10-27(20(28)2)34(47)44-36-42-21(3)23(5)49-36/h9-15,29,38-40H,7-8,16-18H2,1-6H3,(H,41,46)(H,42,44,47)/t29-/m0/s1. The largest absolute Gasteiger partial charge is 0.385 e. The van der Waals surface area contributed by atoms with Gasteiger partial charge in [-0.3, -0.25) is 35.6 Å². The first-order valence-corrected chi connectivity index (χ1v) is 18.1. The number of thiazole rings is 1. The highest BCUT2D eigenvalue weighted by molar-refractivity contribution is 7.17. The van der Waals surface area contributed by atoms with Gasteiger partial charge in [-0.2, -0.15) is 0 Å². The Morgan fingerprint density at radius 2 is 1.67 bits per heavy atom. The van der Waals surface area contributed by atoms with E-state index in [4.69, 9.17) is 27.4 Å². The maximum Gasteiger partial charge on any atom is 0.257 e. The van der Waals surface area contributed by atoms with Gasteiger partial charge in [0.05, 0.1) is 17.8 Å². The molecule has 13 heteroatoms. The van der Waals surface area contributed by atoms with Crippen LogP contribution in [-0.2, 0) is 4.79 Å². The molecule has 0 radical (unpaired) electrons. The number of aliphatic imine (C=N–C) groups is 1. The summed E-state index contributed by atoms with van der Waals surface area (Å²) in [5.41, 5.74) is 6.69. The van der Waals surface area contributed by atoms with E-state index >= 15 is 0 Å². The number of unbranched alkanes of at least 4 members (excludes halogenated alkanes) is 1. The van der Waals surface area contributed by atoms with Crippen LogP contribution in [0.5, 0.6) is 0 Å². The van der Waals surface area contributed by atoms with E-state index < -0.39 is 6.04 Å². The lowest BCUT2D eigenvalue weighted by Crippen LogP contribution is -2.42. The maximum absolute atomic E-state index is 13.2. The third-order valence-electron chi connectivity index (χ3n) is 8.55. The number of rotatable bonds is 11. The second-order valence-corrected chi connectivity index (χ2v) is 14.9. The minimum Gasteiger partial charge on any atom is -0.385 e. The van der Waals surface area contributed by atoms with Crippen LogP contribution in [0, 0.1) is 45.4 Å². The van der Waals surface area contributed by atoms with Crippen LogP contribution in [0.25, 0.3) is 0 Å². The van der Waals surface area contributed by atoms with E-state index in [9.17, 15) is 9.59 Å². The molecule has 2 aromatic carbocycles. The third kappa shape index (κ3) is 8.09. The number of amidine groups is 2. The Morgan fingerprint density at radius 3 is 2.35 bits per heavy atom. The van der Waals surface area contributed by atoms with Crippen LogP contribution < -0.4 is 20.9 Å². The Bertz CT molecular complexity index is 1930. The molecule has 256 valence electrons. The third-order valence-corrected chi connectivity index (χ3v) is 11.0. The van der Waals surface area contributed by atoms with Gasteiger partial charge in [0, 0.05) is 50.2 Å². The fourth-order valence-electron chi connectivity index (χ4n) is 5.60. The van der Waals surface area contributed by atoms with Gasteiger partial charge in [-0.25, -0.2) is 4.98 Å². The van der Waals surface area contributed by atoms with Gasteiger partial charge in [0.1, 0.15) is 22.7 Å². The predicted molar refractivity (Wildman–Crippen MR) is 204 cm³/mol. The number of amides is 2. The highest BCUT2D eigenvalue weighted by atomic mass is 35.5. The molecule has 0 saturated heterocycles. The number of hydrogen-bond donors (Lipinski definition) is 5. The topological polar surface area (TPSA) is 146 Å². The molecule has 1 aliphatic heterocycles. The average Bonchev–Trinajstić information content (AvgIpc) is 3.48. The van der Waals surface area contributed by atoms with E-state index in [-0.39, 0.29) is 29.9 Å². The molecule has 0 unspecified atom stereocenters. The van der Waals surface area contributed by atoms with E-state index in [0.717, 1.165) is 61.2 Å². The van der Waals surface area contributed by atoms with Gasteiger partial charge in [0.2, 0.25) is 5.91 Å². The van der Waals surface area contributed by atoms with Crippen molar-refractivity contribution in [2.24, 2.45) is 4.99 Å². The molecule has 0 bridgehead atoms. The molecule has 0 fully saturated rings. The number of aryl methyl sites for hydroxylation is 3. The maximum atomic E-state index is 13.2. The van der Waals surface area contributed by atoms with Crippen molar-refractivity contribution in [3.63, 3.8) is 0 Å². The number of carbonyl (C=O) groups is 2. The lowest BCUT2D eigenvalue weighted by molar-refractivity contribution is -0.121. The van der Waals surface area contributed by atoms with Crippen LogP contribution in [0.4, 0.5) is 15.8 Å². The molecule has 1 atom stereocenters. The number of fused-ring (bicyclic) bond motifs is 1. The Labute approximate surface area is 300 Å².